The van der Waals surface area contributed by atoms with Gasteiger partial charge in [0.15, 0.2) is 34.8 Å². The second-order valence-corrected chi connectivity index (χ2v) is 9.51. The SMILES string of the molecule is O=C(CC1CC(Cc2ccc3c(c2)OCO3)C(=O)N1c1c(F)c(F)c(C(F)(F)F)c(F)c1F)OCc1ccccc1. The molecule has 2 aliphatic heterocycles. The van der Waals surface area contributed by atoms with Gasteiger partial charge in [0.2, 0.25) is 12.7 Å². The Labute approximate surface area is 228 Å². The lowest BCUT2D eigenvalue weighted by Crippen LogP contribution is -2.38. The van der Waals surface area contributed by atoms with Crippen LogP contribution in [-0.2, 0) is 33.5 Å². The topological polar surface area (TPSA) is 65.1 Å². The maximum absolute atomic E-state index is 15.0. The van der Waals surface area contributed by atoms with Crippen LogP contribution in [0.15, 0.2) is 48.5 Å². The zero-order valence-electron chi connectivity index (χ0n) is 20.9. The second-order valence-electron chi connectivity index (χ2n) is 9.51. The van der Waals surface area contributed by atoms with Gasteiger partial charge in [-0.05, 0) is 36.1 Å². The van der Waals surface area contributed by atoms with E-state index in [-0.39, 0.29) is 26.2 Å². The maximum Gasteiger partial charge on any atom is 0.422 e. The monoisotopic (exact) mass is 583 g/mol. The highest BCUT2D eigenvalue weighted by Gasteiger charge is 2.48. The quantitative estimate of drug-likeness (QED) is 0.192. The molecule has 41 heavy (non-hydrogen) atoms. The molecule has 0 spiro atoms. The summed E-state index contributed by atoms with van der Waals surface area (Å²) in [5, 5.41) is 0. The molecule has 3 aromatic rings. The van der Waals surface area contributed by atoms with Crippen LogP contribution in [0.3, 0.4) is 0 Å². The Kier molecular flexibility index (Phi) is 7.54. The lowest BCUT2D eigenvalue weighted by Gasteiger charge is -2.26. The van der Waals surface area contributed by atoms with Crippen LogP contribution in [0.5, 0.6) is 11.5 Å². The Morgan fingerprint density at radius 3 is 2.22 bits per heavy atom. The first-order valence-corrected chi connectivity index (χ1v) is 12.3. The standard InChI is InChI=1S/C28H20F7NO5/c29-22-21(28(33,34)35)23(30)25(32)26(24(22)31)36-17(11-20(37)39-12-14-4-2-1-3-5-14)10-16(27(36)38)8-15-6-7-18-19(9-15)41-13-40-18/h1-7,9,16-17H,8,10-13H2. The van der Waals surface area contributed by atoms with Gasteiger partial charge in [-0.1, -0.05) is 36.4 Å². The molecule has 0 radical (unpaired) electrons. The minimum atomic E-state index is -5.76. The Morgan fingerprint density at radius 1 is 0.902 bits per heavy atom. The minimum absolute atomic E-state index is 0.0221. The number of rotatable bonds is 7. The van der Waals surface area contributed by atoms with E-state index in [1.54, 1.807) is 48.5 Å². The molecule has 3 aromatic carbocycles. The molecular formula is C28H20F7NO5. The molecule has 13 heteroatoms. The van der Waals surface area contributed by atoms with Crippen LogP contribution < -0.4 is 14.4 Å². The fraction of sp³-hybridized carbons (Fsp3) is 0.286. The molecule has 0 N–H and O–H groups in total. The third kappa shape index (κ3) is 5.52. The van der Waals surface area contributed by atoms with Crippen LogP contribution >= 0.6 is 0 Å². The van der Waals surface area contributed by atoms with Crippen molar-refractivity contribution in [2.24, 2.45) is 5.92 Å². The number of benzene rings is 3. The van der Waals surface area contributed by atoms with Crippen LogP contribution in [0, 0.1) is 29.2 Å². The van der Waals surface area contributed by atoms with Crippen molar-refractivity contribution in [2.75, 3.05) is 11.7 Å². The van der Waals surface area contributed by atoms with Crippen molar-refractivity contribution in [1.82, 2.24) is 0 Å². The highest BCUT2D eigenvalue weighted by molar-refractivity contribution is 5.99. The predicted octanol–water partition coefficient (Wildman–Crippen LogP) is 6.09. The molecule has 2 aliphatic rings. The van der Waals surface area contributed by atoms with E-state index >= 15 is 8.78 Å². The lowest BCUT2D eigenvalue weighted by molar-refractivity contribution is -0.145. The molecular weight excluding hydrogens is 563 g/mol. The zero-order chi connectivity index (χ0) is 29.5. The fourth-order valence-corrected chi connectivity index (χ4v) is 4.97. The zero-order valence-corrected chi connectivity index (χ0v) is 20.9. The number of alkyl halides is 3. The summed E-state index contributed by atoms with van der Waals surface area (Å²) in [6, 6.07) is 11.8. The molecule has 216 valence electrons. The molecule has 6 nitrogen and oxygen atoms in total. The molecule has 1 amide bonds. The molecule has 0 aromatic heterocycles. The van der Waals surface area contributed by atoms with Gasteiger partial charge in [-0.15, -0.1) is 0 Å². The molecule has 1 saturated heterocycles. The summed E-state index contributed by atoms with van der Waals surface area (Å²) in [6.07, 6.45) is -6.68. The number of nitrogens with zero attached hydrogens (tertiary/aromatic N) is 1. The largest absolute Gasteiger partial charge is 0.461 e. The second kappa shape index (κ2) is 10.9. The number of anilines is 1. The van der Waals surface area contributed by atoms with E-state index in [1.165, 1.54) is 0 Å². The number of fused-ring (bicyclic) bond motifs is 1. The maximum atomic E-state index is 15.0. The lowest BCUT2D eigenvalue weighted by atomic mass is 9.95. The van der Waals surface area contributed by atoms with Crippen molar-refractivity contribution in [3.05, 3.63) is 88.5 Å². The van der Waals surface area contributed by atoms with Gasteiger partial charge in [0.25, 0.3) is 0 Å². The average molecular weight is 583 g/mol. The summed E-state index contributed by atoms with van der Waals surface area (Å²) in [4.78, 5) is 26.4. The smallest absolute Gasteiger partial charge is 0.422 e. The number of hydrogen-bond acceptors (Lipinski definition) is 5. The van der Waals surface area contributed by atoms with Gasteiger partial charge in [0, 0.05) is 12.0 Å². The highest BCUT2D eigenvalue weighted by atomic mass is 19.4. The summed E-state index contributed by atoms with van der Waals surface area (Å²) in [6.45, 7) is -0.196. The van der Waals surface area contributed by atoms with E-state index in [0.29, 0.717) is 27.5 Å². The first-order chi connectivity index (χ1) is 19.5. The summed E-state index contributed by atoms with van der Waals surface area (Å²) < 4.78 is 114. The fourth-order valence-electron chi connectivity index (χ4n) is 4.97. The van der Waals surface area contributed by atoms with Gasteiger partial charge in [-0.2, -0.15) is 13.2 Å². The van der Waals surface area contributed by atoms with Gasteiger partial charge < -0.3 is 19.1 Å². The predicted molar refractivity (Wildman–Crippen MR) is 128 cm³/mol. The van der Waals surface area contributed by atoms with Crippen LogP contribution in [-0.4, -0.2) is 24.7 Å². The van der Waals surface area contributed by atoms with E-state index in [0.717, 1.165) is 0 Å². The molecule has 0 aliphatic carbocycles. The summed E-state index contributed by atoms with van der Waals surface area (Å²) in [7, 11) is 0. The average Bonchev–Trinajstić information content (AvgIpc) is 3.51. The third-order valence-electron chi connectivity index (χ3n) is 6.84. The minimum Gasteiger partial charge on any atom is -0.461 e. The van der Waals surface area contributed by atoms with Crippen LogP contribution in [0.1, 0.15) is 29.5 Å². The number of carbonyl (C=O) groups is 2. The molecule has 0 bridgehead atoms. The number of ether oxygens (including phenoxy) is 3. The first kappa shape index (κ1) is 28.2. The van der Waals surface area contributed by atoms with E-state index in [9.17, 15) is 31.5 Å². The molecule has 2 heterocycles. The first-order valence-electron chi connectivity index (χ1n) is 12.3. The van der Waals surface area contributed by atoms with Crippen LogP contribution in [0.25, 0.3) is 0 Å². The van der Waals surface area contributed by atoms with Crippen molar-refractivity contribution in [3.63, 3.8) is 0 Å². The van der Waals surface area contributed by atoms with E-state index in [1.807, 2.05) is 0 Å². The van der Waals surface area contributed by atoms with Crippen LogP contribution in [0.4, 0.5) is 36.4 Å². The summed E-state index contributed by atoms with van der Waals surface area (Å²) in [5.41, 5.74) is -3.26. The van der Waals surface area contributed by atoms with E-state index < -0.39 is 71.0 Å². The Morgan fingerprint density at radius 2 is 1.56 bits per heavy atom. The van der Waals surface area contributed by atoms with E-state index in [2.05, 4.69) is 0 Å². The molecule has 2 atom stereocenters. The van der Waals surface area contributed by atoms with Gasteiger partial charge in [0.1, 0.15) is 17.9 Å². The number of esters is 1. The highest BCUT2D eigenvalue weighted by Crippen LogP contribution is 2.43. The summed E-state index contributed by atoms with van der Waals surface area (Å²) >= 11 is 0. The molecule has 5 rings (SSSR count). The number of hydrogen-bond donors (Lipinski definition) is 0. The Balaban J connectivity index is 1.47. The van der Waals surface area contributed by atoms with Crippen molar-refractivity contribution in [3.8, 4) is 11.5 Å². The number of carbonyl (C=O) groups excluding carboxylic acids is 2. The Hall–Kier alpha value is -4.29. The van der Waals surface area contributed by atoms with Crippen LogP contribution in [0.2, 0.25) is 0 Å². The number of halogens is 7. The van der Waals surface area contributed by atoms with Gasteiger partial charge >= 0.3 is 12.1 Å². The van der Waals surface area contributed by atoms with Crippen molar-refractivity contribution in [2.45, 2.75) is 38.1 Å². The molecule has 1 fully saturated rings. The summed E-state index contributed by atoms with van der Waals surface area (Å²) in [5.74, 6) is -12.4. The molecule has 0 saturated carbocycles. The van der Waals surface area contributed by atoms with Gasteiger partial charge in [0.05, 0.1) is 6.42 Å². The van der Waals surface area contributed by atoms with E-state index in [4.69, 9.17) is 14.2 Å². The van der Waals surface area contributed by atoms with Crippen molar-refractivity contribution >= 4 is 17.6 Å². The van der Waals surface area contributed by atoms with Crippen molar-refractivity contribution in [1.29, 1.82) is 0 Å². The Bertz CT molecular complexity index is 1470. The normalized spacial score (nSPS) is 18.2. The van der Waals surface area contributed by atoms with Gasteiger partial charge in [-0.25, -0.2) is 17.6 Å². The third-order valence-corrected chi connectivity index (χ3v) is 6.84. The molecule has 2 unspecified atom stereocenters. The number of amides is 1. The van der Waals surface area contributed by atoms with Crippen molar-refractivity contribution < 1.29 is 54.5 Å². The van der Waals surface area contributed by atoms with Gasteiger partial charge in [-0.3, -0.25) is 9.59 Å².